The quantitative estimate of drug-likeness (QED) is 0.815. The molecule has 1 N–H and O–H groups in total. The zero-order valence-corrected chi connectivity index (χ0v) is 8.72. The van der Waals surface area contributed by atoms with Crippen molar-refractivity contribution in [3.63, 3.8) is 0 Å². The van der Waals surface area contributed by atoms with Crippen molar-refractivity contribution in [2.45, 2.75) is 19.3 Å². The van der Waals surface area contributed by atoms with Gasteiger partial charge in [-0.1, -0.05) is 0 Å². The highest BCUT2D eigenvalue weighted by Gasteiger charge is 2.19. The molecule has 2 heterocycles. The number of nitrogens with zero attached hydrogens (tertiary/aromatic N) is 2. The minimum Gasteiger partial charge on any atom is -0.477 e. The predicted octanol–water partition coefficient (Wildman–Crippen LogP) is 1.30. The van der Waals surface area contributed by atoms with E-state index in [4.69, 9.17) is 5.11 Å². The van der Waals surface area contributed by atoms with Crippen LogP contribution in [0.2, 0.25) is 0 Å². The van der Waals surface area contributed by atoms with Gasteiger partial charge in [0.2, 0.25) is 5.91 Å². The van der Waals surface area contributed by atoms with E-state index in [0.717, 1.165) is 12.8 Å². The molecule has 1 aliphatic heterocycles. The lowest BCUT2D eigenvalue weighted by Crippen LogP contribution is -2.35. The van der Waals surface area contributed by atoms with Crippen LogP contribution in [0.4, 0.5) is 5.69 Å². The summed E-state index contributed by atoms with van der Waals surface area (Å²) in [6, 6.07) is 3.04. The lowest BCUT2D eigenvalue weighted by molar-refractivity contribution is -0.119. The van der Waals surface area contributed by atoms with E-state index in [0.29, 0.717) is 18.7 Å². The van der Waals surface area contributed by atoms with E-state index in [2.05, 4.69) is 4.98 Å². The number of piperidine rings is 1. The van der Waals surface area contributed by atoms with Gasteiger partial charge in [-0.3, -0.25) is 4.79 Å². The SMILES string of the molecule is O=C(O)c1ccc(N2CCCCC2=O)cn1. The van der Waals surface area contributed by atoms with Crippen molar-refractivity contribution in [3.05, 3.63) is 24.0 Å². The Kier molecular flexibility index (Phi) is 2.85. The Morgan fingerprint density at radius 3 is 2.75 bits per heavy atom. The molecule has 84 valence electrons. The van der Waals surface area contributed by atoms with Gasteiger partial charge in [0.25, 0.3) is 0 Å². The van der Waals surface area contributed by atoms with E-state index >= 15 is 0 Å². The highest BCUT2D eigenvalue weighted by atomic mass is 16.4. The second-order valence-electron chi connectivity index (χ2n) is 3.71. The van der Waals surface area contributed by atoms with Gasteiger partial charge < -0.3 is 10.0 Å². The molecule has 0 bridgehead atoms. The van der Waals surface area contributed by atoms with Gasteiger partial charge in [-0.2, -0.15) is 0 Å². The maximum absolute atomic E-state index is 11.6. The van der Waals surface area contributed by atoms with Crippen LogP contribution >= 0.6 is 0 Å². The van der Waals surface area contributed by atoms with Crippen molar-refractivity contribution in [1.82, 2.24) is 4.98 Å². The van der Waals surface area contributed by atoms with E-state index in [1.807, 2.05) is 0 Å². The largest absolute Gasteiger partial charge is 0.477 e. The van der Waals surface area contributed by atoms with Crippen molar-refractivity contribution >= 4 is 17.6 Å². The molecule has 16 heavy (non-hydrogen) atoms. The standard InChI is InChI=1S/C11H12N2O3/c14-10-3-1-2-6-13(10)8-4-5-9(11(15)16)12-7-8/h4-5,7H,1-3,6H2,(H,15,16). The van der Waals surface area contributed by atoms with E-state index in [1.165, 1.54) is 12.3 Å². The normalized spacial score (nSPS) is 16.2. The number of carbonyl (C=O) groups is 2. The van der Waals surface area contributed by atoms with Crippen molar-refractivity contribution in [2.24, 2.45) is 0 Å². The maximum Gasteiger partial charge on any atom is 0.354 e. The van der Waals surface area contributed by atoms with E-state index in [-0.39, 0.29) is 11.6 Å². The van der Waals surface area contributed by atoms with E-state index in [9.17, 15) is 9.59 Å². The number of anilines is 1. The first-order valence-corrected chi connectivity index (χ1v) is 5.18. The minimum absolute atomic E-state index is 0.00629. The van der Waals surface area contributed by atoms with Gasteiger partial charge in [0.05, 0.1) is 11.9 Å². The lowest BCUT2D eigenvalue weighted by Gasteiger charge is -2.26. The molecule has 1 aromatic heterocycles. The van der Waals surface area contributed by atoms with Gasteiger partial charge in [-0.25, -0.2) is 9.78 Å². The Labute approximate surface area is 92.7 Å². The zero-order chi connectivity index (χ0) is 11.5. The van der Waals surface area contributed by atoms with Crippen molar-refractivity contribution < 1.29 is 14.7 Å². The zero-order valence-electron chi connectivity index (χ0n) is 8.72. The fourth-order valence-electron chi connectivity index (χ4n) is 1.75. The molecule has 0 spiro atoms. The summed E-state index contributed by atoms with van der Waals surface area (Å²) < 4.78 is 0. The highest BCUT2D eigenvalue weighted by Crippen LogP contribution is 2.19. The van der Waals surface area contributed by atoms with Crippen LogP contribution in [0.3, 0.4) is 0 Å². The Bertz CT molecular complexity index is 414. The second-order valence-corrected chi connectivity index (χ2v) is 3.71. The molecule has 1 aromatic rings. The molecule has 5 heteroatoms. The molecule has 1 aliphatic rings. The number of carboxylic acids is 1. The first-order valence-electron chi connectivity index (χ1n) is 5.18. The fourth-order valence-corrected chi connectivity index (χ4v) is 1.75. The minimum atomic E-state index is -1.06. The van der Waals surface area contributed by atoms with Gasteiger partial charge in [0.15, 0.2) is 0 Å². The Morgan fingerprint density at radius 2 is 2.19 bits per heavy atom. The summed E-state index contributed by atoms with van der Waals surface area (Å²) in [4.78, 5) is 27.7. The summed E-state index contributed by atoms with van der Waals surface area (Å²) in [5.41, 5.74) is 0.669. The first-order chi connectivity index (χ1) is 7.68. The van der Waals surface area contributed by atoms with Gasteiger partial charge in [0.1, 0.15) is 5.69 Å². The third-order valence-corrected chi connectivity index (χ3v) is 2.60. The number of pyridine rings is 1. The topological polar surface area (TPSA) is 70.5 Å². The van der Waals surface area contributed by atoms with Crippen molar-refractivity contribution in [1.29, 1.82) is 0 Å². The highest BCUT2D eigenvalue weighted by molar-refractivity contribution is 5.94. The molecule has 0 aliphatic carbocycles. The van der Waals surface area contributed by atoms with Crippen LogP contribution < -0.4 is 4.90 Å². The molecule has 0 unspecified atom stereocenters. The van der Waals surface area contributed by atoms with E-state index in [1.54, 1.807) is 11.0 Å². The number of amides is 1. The number of hydrogen-bond donors (Lipinski definition) is 1. The van der Waals surface area contributed by atoms with Crippen LogP contribution in [0.25, 0.3) is 0 Å². The summed E-state index contributed by atoms with van der Waals surface area (Å²) >= 11 is 0. The Hall–Kier alpha value is -1.91. The van der Waals surface area contributed by atoms with Crippen LogP contribution in [-0.4, -0.2) is 28.5 Å². The molecule has 5 nitrogen and oxygen atoms in total. The van der Waals surface area contributed by atoms with Crippen LogP contribution in [-0.2, 0) is 4.79 Å². The molecule has 0 aromatic carbocycles. The summed E-state index contributed by atoms with van der Waals surface area (Å²) in [7, 11) is 0. The molecule has 0 atom stereocenters. The van der Waals surface area contributed by atoms with Gasteiger partial charge >= 0.3 is 5.97 Å². The molecule has 1 fully saturated rings. The number of rotatable bonds is 2. The molecule has 0 saturated carbocycles. The summed E-state index contributed by atoms with van der Waals surface area (Å²) in [5.74, 6) is -0.979. The number of aromatic nitrogens is 1. The molecule has 0 radical (unpaired) electrons. The Balaban J connectivity index is 2.20. The average Bonchev–Trinajstić information content (AvgIpc) is 2.30. The van der Waals surface area contributed by atoms with Crippen molar-refractivity contribution in [2.75, 3.05) is 11.4 Å². The number of aromatic carboxylic acids is 1. The van der Waals surface area contributed by atoms with Crippen molar-refractivity contribution in [3.8, 4) is 0 Å². The average molecular weight is 220 g/mol. The first kappa shape index (κ1) is 10.6. The molecular weight excluding hydrogens is 208 g/mol. The summed E-state index contributed by atoms with van der Waals surface area (Å²) in [5, 5.41) is 8.69. The van der Waals surface area contributed by atoms with Crippen LogP contribution in [0, 0.1) is 0 Å². The van der Waals surface area contributed by atoms with Crippen LogP contribution in [0.1, 0.15) is 29.8 Å². The molecule has 1 amide bonds. The predicted molar refractivity (Wildman–Crippen MR) is 57.4 cm³/mol. The van der Waals surface area contributed by atoms with Gasteiger partial charge in [-0.15, -0.1) is 0 Å². The third-order valence-electron chi connectivity index (χ3n) is 2.60. The van der Waals surface area contributed by atoms with Gasteiger partial charge in [-0.05, 0) is 25.0 Å². The van der Waals surface area contributed by atoms with Crippen LogP contribution in [0.15, 0.2) is 18.3 Å². The smallest absolute Gasteiger partial charge is 0.354 e. The fraction of sp³-hybridized carbons (Fsp3) is 0.364. The Morgan fingerprint density at radius 1 is 1.38 bits per heavy atom. The second kappa shape index (κ2) is 4.30. The molecular formula is C11H12N2O3. The number of carboxylic acid groups (broad SMARTS) is 1. The third kappa shape index (κ3) is 2.03. The van der Waals surface area contributed by atoms with Crippen LogP contribution in [0.5, 0.6) is 0 Å². The summed E-state index contributed by atoms with van der Waals surface area (Å²) in [6.07, 6.45) is 3.90. The maximum atomic E-state index is 11.6. The number of hydrogen-bond acceptors (Lipinski definition) is 3. The monoisotopic (exact) mass is 220 g/mol. The van der Waals surface area contributed by atoms with E-state index < -0.39 is 5.97 Å². The molecule has 2 rings (SSSR count). The molecule has 1 saturated heterocycles. The number of carbonyl (C=O) groups excluding carboxylic acids is 1. The summed E-state index contributed by atoms with van der Waals surface area (Å²) in [6.45, 7) is 0.687. The van der Waals surface area contributed by atoms with Gasteiger partial charge in [0, 0.05) is 13.0 Å². The lowest BCUT2D eigenvalue weighted by atomic mass is 10.1.